The van der Waals surface area contributed by atoms with Gasteiger partial charge in [0.05, 0.1) is 5.69 Å². The van der Waals surface area contributed by atoms with Crippen molar-refractivity contribution in [2.75, 3.05) is 0 Å². The topological polar surface area (TPSA) is 12.9 Å². The quantitative estimate of drug-likeness (QED) is 0.720. The van der Waals surface area contributed by atoms with Crippen LogP contribution in [0.2, 0.25) is 5.02 Å². The van der Waals surface area contributed by atoms with Crippen LogP contribution in [-0.2, 0) is 0 Å². The van der Waals surface area contributed by atoms with E-state index in [1.165, 1.54) is 0 Å². The van der Waals surface area contributed by atoms with Gasteiger partial charge in [0.25, 0.3) is 0 Å². The van der Waals surface area contributed by atoms with Crippen molar-refractivity contribution in [1.82, 2.24) is 4.98 Å². The lowest BCUT2D eigenvalue weighted by Gasteiger charge is -1.98. The van der Waals surface area contributed by atoms with Gasteiger partial charge >= 0.3 is 0 Å². The van der Waals surface area contributed by atoms with Crippen molar-refractivity contribution in [2.45, 2.75) is 0 Å². The molecule has 2 aromatic rings. The first-order valence-corrected chi connectivity index (χ1v) is 4.41. The highest BCUT2D eigenvalue weighted by Crippen LogP contribution is 2.18. The number of nitrogens with zero attached hydrogens (tertiary/aromatic N) is 1. The van der Waals surface area contributed by atoms with Gasteiger partial charge in [0.1, 0.15) is 0 Å². The van der Waals surface area contributed by atoms with Crippen molar-refractivity contribution in [3.8, 4) is 11.3 Å². The summed E-state index contributed by atoms with van der Waals surface area (Å²) in [5.74, 6) is 0. The van der Waals surface area contributed by atoms with Crippen molar-refractivity contribution in [2.24, 2.45) is 0 Å². The molecule has 0 fully saturated rings. The van der Waals surface area contributed by atoms with E-state index >= 15 is 0 Å². The highest BCUT2D eigenvalue weighted by molar-refractivity contribution is 6.30. The monoisotopic (exact) mass is 225 g/mol. The Bertz CT molecular complexity index is 384. The van der Waals surface area contributed by atoms with Crippen LogP contribution in [0.1, 0.15) is 0 Å². The van der Waals surface area contributed by atoms with Crippen molar-refractivity contribution < 1.29 is 0 Å². The molecule has 0 bridgehead atoms. The summed E-state index contributed by atoms with van der Waals surface area (Å²) in [4.78, 5) is 4.24. The summed E-state index contributed by atoms with van der Waals surface area (Å²) < 4.78 is 0. The Morgan fingerprint density at radius 3 is 2.21 bits per heavy atom. The molecule has 0 atom stereocenters. The predicted molar refractivity (Wildman–Crippen MR) is 61.9 cm³/mol. The number of halogens is 2. The molecule has 1 heterocycles. The molecule has 3 heteroatoms. The largest absolute Gasteiger partial charge is 0.256 e. The smallest absolute Gasteiger partial charge is 0.0701 e. The first kappa shape index (κ1) is 11.0. The minimum absolute atomic E-state index is 0. The number of hydrogen-bond donors (Lipinski definition) is 0. The molecule has 2 rings (SSSR count). The zero-order valence-corrected chi connectivity index (χ0v) is 8.92. The third-order valence-corrected chi connectivity index (χ3v) is 2.06. The van der Waals surface area contributed by atoms with E-state index in [-0.39, 0.29) is 12.4 Å². The standard InChI is InChI=1S/C11H8ClN.ClH/c12-10-6-4-9(5-7-10)11-3-1-2-8-13-11;/h1-8H;1H. The Balaban J connectivity index is 0.000000980. The summed E-state index contributed by atoms with van der Waals surface area (Å²) in [6.45, 7) is 0. The fraction of sp³-hybridized carbons (Fsp3) is 0. The number of aromatic nitrogens is 1. The predicted octanol–water partition coefficient (Wildman–Crippen LogP) is 3.82. The molecule has 1 aromatic carbocycles. The fourth-order valence-corrected chi connectivity index (χ4v) is 1.28. The molecule has 14 heavy (non-hydrogen) atoms. The van der Waals surface area contributed by atoms with E-state index in [9.17, 15) is 0 Å². The van der Waals surface area contributed by atoms with E-state index in [0.717, 1.165) is 16.3 Å². The molecular weight excluding hydrogens is 217 g/mol. The van der Waals surface area contributed by atoms with Crippen LogP contribution in [0.25, 0.3) is 11.3 Å². The summed E-state index contributed by atoms with van der Waals surface area (Å²) in [7, 11) is 0. The third kappa shape index (κ3) is 2.47. The van der Waals surface area contributed by atoms with Crippen molar-refractivity contribution in [3.63, 3.8) is 0 Å². The molecular formula is C11H9Cl2N. The summed E-state index contributed by atoms with van der Waals surface area (Å²) in [5, 5.41) is 0.750. The number of rotatable bonds is 1. The lowest BCUT2D eigenvalue weighted by Crippen LogP contribution is -1.80. The summed E-state index contributed by atoms with van der Waals surface area (Å²) >= 11 is 5.78. The van der Waals surface area contributed by atoms with Crippen LogP contribution in [0.5, 0.6) is 0 Å². The van der Waals surface area contributed by atoms with Crippen molar-refractivity contribution in [3.05, 3.63) is 53.7 Å². The summed E-state index contributed by atoms with van der Waals surface area (Å²) in [6, 6.07) is 13.5. The zero-order valence-electron chi connectivity index (χ0n) is 7.35. The van der Waals surface area contributed by atoms with Crippen LogP contribution in [0.3, 0.4) is 0 Å². The van der Waals surface area contributed by atoms with Crippen LogP contribution in [0, 0.1) is 0 Å². The minimum atomic E-state index is 0. The zero-order chi connectivity index (χ0) is 9.10. The SMILES string of the molecule is Cl.Clc1ccc(-c2ccccn2)cc1. The second-order valence-corrected chi connectivity index (χ2v) is 3.16. The van der Waals surface area contributed by atoms with Crippen LogP contribution < -0.4 is 0 Å². The normalized spacial score (nSPS) is 9.21. The number of pyridine rings is 1. The van der Waals surface area contributed by atoms with Crippen LogP contribution in [0.4, 0.5) is 0 Å². The Morgan fingerprint density at radius 1 is 0.929 bits per heavy atom. The maximum Gasteiger partial charge on any atom is 0.0701 e. The Labute approximate surface area is 94.2 Å². The molecule has 0 aliphatic rings. The second kappa shape index (κ2) is 4.99. The molecule has 0 radical (unpaired) electrons. The van der Waals surface area contributed by atoms with Gasteiger partial charge in [0.2, 0.25) is 0 Å². The molecule has 0 saturated heterocycles. The first-order chi connectivity index (χ1) is 6.36. The molecule has 0 spiro atoms. The number of hydrogen-bond acceptors (Lipinski definition) is 1. The van der Waals surface area contributed by atoms with Gasteiger partial charge in [-0.05, 0) is 24.3 Å². The van der Waals surface area contributed by atoms with Gasteiger partial charge in [0.15, 0.2) is 0 Å². The second-order valence-electron chi connectivity index (χ2n) is 2.72. The first-order valence-electron chi connectivity index (χ1n) is 4.03. The Hall–Kier alpha value is -1.05. The highest BCUT2D eigenvalue weighted by Gasteiger charge is 1.96. The molecule has 1 aromatic heterocycles. The summed E-state index contributed by atoms with van der Waals surface area (Å²) in [5.41, 5.74) is 2.06. The molecule has 0 unspecified atom stereocenters. The Morgan fingerprint density at radius 2 is 1.64 bits per heavy atom. The van der Waals surface area contributed by atoms with Crippen LogP contribution in [-0.4, -0.2) is 4.98 Å². The van der Waals surface area contributed by atoms with Gasteiger partial charge in [-0.25, -0.2) is 0 Å². The lowest BCUT2D eigenvalue weighted by atomic mass is 10.1. The van der Waals surface area contributed by atoms with E-state index in [1.807, 2.05) is 42.5 Å². The lowest BCUT2D eigenvalue weighted by molar-refractivity contribution is 1.33. The molecule has 0 amide bonds. The van der Waals surface area contributed by atoms with Gasteiger partial charge < -0.3 is 0 Å². The Kier molecular flexibility index (Phi) is 3.93. The van der Waals surface area contributed by atoms with Gasteiger partial charge in [-0.1, -0.05) is 29.8 Å². The minimum Gasteiger partial charge on any atom is -0.256 e. The van der Waals surface area contributed by atoms with Gasteiger partial charge in [-0.3, -0.25) is 4.98 Å². The van der Waals surface area contributed by atoms with Crippen LogP contribution in [0.15, 0.2) is 48.7 Å². The fourth-order valence-electron chi connectivity index (χ4n) is 1.15. The maximum absolute atomic E-state index is 5.78. The van der Waals surface area contributed by atoms with Gasteiger partial charge in [0, 0.05) is 16.8 Å². The number of benzene rings is 1. The highest BCUT2D eigenvalue weighted by atomic mass is 35.5. The van der Waals surface area contributed by atoms with Gasteiger partial charge in [-0.15, -0.1) is 12.4 Å². The molecule has 0 aliphatic carbocycles. The van der Waals surface area contributed by atoms with E-state index in [1.54, 1.807) is 6.20 Å². The van der Waals surface area contributed by atoms with E-state index < -0.39 is 0 Å². The van der Waals surface area contributed by atoms with E-state index in [0.29, 0.717) is 0 Å². The van der Waals surface area contributed by atoms with Crippen molar-refractivity contribution in [1.29, 1.82) is 0 Å². The summed E-state index contributed by atoms with van der Waals surface area (Å²) in [6.07, 6.45) is 1.78. The van der Waals surface area contributed by atoms with Crippen molar-refractivity contribution >= 4 is 24.0 Å². The average Bonchev–Trinajstić information content (AvgIpc) is 2.20. The molecule has 0 saturated carbocycles. The molecule has 1 nitrogen and oxygen atoms in total. The average molecular weight is 226 g/mol. The molecule has 0 aliphatic heterocycles. The van der Waals surface area contributed by atoms with E-state index in [4.69, 9.17) is 11.6 Å². The maximum atomic E-state index is 5.78. The van der Waals surface area contributed by atoms with Gasteiger partial charge in [-0.2, -0.15) is 0 Å². The molecule has 0 N–H and O–H groups in total. The third-order valence-electron chi connectivity index (χ3n) is 1.80. The van der Waals surface area contributed by atoms with E-state index in [2.05, 4.69) is 4.98 Å². The van der Waals surface area contributed by atoms with Crippen LogP contribution >= 0.6 is 24.0 Å². The molecule has 72 valence electrons.